The van der Waals surface area contributed by atoms with Crippen LogP contribution in [0.3, 0.4) is 0 Å². The van der Waals surface area contributed by atoms with Gasteiger partial charge in [-0.2, -0.15) is 0 Å². The van der Waals surface area contributed by atoms with Gasteiger partial charge in [-0.15, -0.1) is 0 Å². The maximum Gasteiger partial charge on any atom is 0.0480 e. The molecule has 2 heteroatoms. The lowest BCUT2D eigenvalue weighted by molar-refractivity contribution is 0.136. The van der Waals surface area contributed by atoms with Gasteiger partial charge in [0.2, 0.25) is 0 Å². The van der Waals surface area contributed by atoms with Gasteiger partial charge in [0.15, 0.2) is 0 Å². The van der Waals surface area contributed by atoms with Gasteiger partial charge in [0.1, 0.15) is 0 Å². The maximum absolute atomic E-state index is 5.44. The Bertz CT molecular complexity index is 307. The number of aryl methyl sites for hydroxylation is 1. The highest BCUT2D eigenvalue weighted by molar-refractivity contribution is 5.23. The molecule has 0 spiro atoms. The number of likely N-dealkylation sites (N-methyl/N-ethyl adjacent to an activating group) is 1. The normalized spacial score (nSPS) is 12.6. The van der Waals surface area contributed by atoms with Crippen LogP contribution in [0.4, 0.5) is 0 Å². The Morgan fingerprint density at radius 1 is 1.06 bits per heavy atom. The van der Waals surface area contributed by atoms with E-state index in [-0.39, 0.29) is 0 Å². The van der Waals surface area contributed by atoms with Crippen LogP contribution in [0.5, 0.6) is 0 Å². The largest absolute Gasteiger partial charge is 0.382 e. The fourth-order valence-corrected chi connectivity index (χ4v) is 2.13. The highest BCUT2D eigenvalue weighted by atomic mass is 16.5. The van der Waals surface area contributed by atoms with Gasteiger partial charge in [-0.3, -0.25) is 0 Å². The molecule has 0 aliphatic heterocycles. The summed E-state index contributed by atoms with van der Waals surface area (Å²) in [4.78, 5) is 0. The number of ether oxygens (including phenoxy) is 1. The molecule has 1 aromatic rings. The van der Waals surface area contributed by atoms with Gasteiger partial charge in [0.25, 0.3) is 0 Å². The smallest absolute Gasteiger partial charge is 0.0480 e. The third-order valence-electron chi connectivity index (χ3n) is 3.22. The molecule has 1 N–H and O–H groups in total. The number of nitrogens with one attached hydrogen (secondary N) is 1. The van der Waals surface area contributed by atoms with Crippen LogP contribution in [0.25, 0.3) is 0 Å². The zero-order chi connectivity index (χ0) is 13.2. The van der Waals surface area contributed by atoms with E-state index in [4.69, 9.17) is 4.74 Å². The Labute approximate surface area is 112 Å². The Morgan fingerprint density at radius 2 is 1.72 bits per heavy atom. The first-order valence-electron chi connectivity index (χ1n) is 7.19. The summed E-state index contributed by atoms with van der Waals surface area (Å²) in [5.74, 6) is 0. The van der Waals surface area contributed by atoms with E-state index in [9.17, 15) is 0 Å². The number of hydrogen-bond acceptors (Lipinski definition) is 2. The number of benzene rings is 1. The Hall–Kier alpha value is -0.860. The van der Waals surface area contributed by atoms with Crippen molar-refractivity contribution in [3.05, 3.63) is 35.4 Å². The summed E-state index contributed by atoms with van der Waals surface area (Å²) in [5, 5.41) is 3.54. The molecule has 0 bridgehead atoms. The molecule has 1 unspecified atom stereocenters. The van der Waals surface area contributed by atoms with Crippen LogP contribution in [0, 0.1) is 0 Å². The van der Waals surface area contributed by atoms with Crippen molar-refractivity contribution in [2.24, 2.45) is 0 Å². The van der Waals surface area contributed by atoms with Gasteiger partial charge >= 0.3 is 0 Å². The predicted octanol–water partition coefficient (Wildman–Crippen LogP) is 3.20. The summed E-state index contributed by atoms with van der Waals surface area (Å²) < 4.78 is 5.44. The predicted molar refractivity (Wildman–Crippen MR) is 78.1 cm³/mol. The summed E-state index contributed by atoms with van der Waals surface area (Å²) >= 11 is 0. The molecule has 0 aliphatic carbocycles. The Morgan fingerprint density at radius 3 is 2.28 bits per heavy atom. The van der Waals surface area contributed by atoms with Gasteiger partial charge in [-0.05, 0) is 43.9 Å². The van der Waals surface area contributed by atoms with Gasteiger partial charge in [0.05, 0.1) is 0 Å². The molecular formula is C16H27NO. The standard InChI is InChI=1S/C16H27NO/c1-4-14-7-9-15(10-8-14)13-16(17-5-2)11-12-18-6-3/h7-10,16-17H,4-6,11-13H2,1-3H3. The van der Waals surface area contributed by atoms with Crippen molar-refractivity contribution < 1.29 is 4.74 Å². The molecule has 0 amide bonds. The van der Waals surface area contributed by atoms with Gasteiger partial charge in [0, 0.05) is 19.3 Å². The van der Waals surface area contributed by atoms with E-state index >= 15 is 0 Å². The van der Waals surface area contributed by atoms with Crippen molar-refractivity contribution in [2.45, 2.75) is 46.1 Å². The molecule has 0 fully saturated rings. The minimum absolute atomic E-state index is 0.522. The third-order valence-corrected chi connectivity index (χ3v) is 3.22. The fraction of sp³-hybridized carbons (Fsp3) is 0.625. The van der Waals surface area contributed by atoms with Crippen molar-refractivity contribution in [1.82, 2.24) is 5.32 Å². The van der Waals surface area contributed by atoms with Crippen LogP contribution >= 0.6 is 0 Å². The zero-order valence-corrected chi connectivity index (χ0v) is 12.0. The molecular weight excluding hydrogens is 222 g/mol. The van der Waals surface area contributed by atoms with E-state index in [2.05, 4.69) is 43.4 Å². The molecule has 0 saturated heterocycles. The second-order valence-corrected chi connectivity index (χ2v) is 4.61. The average molecular weight is 249 g/mol. The van der Waals surface area contributed by atoms with E-state index in [1.165, 1.54) is 11.1 Å². The van der Waals surface area contributed by atoms with Gasteiger partial charge in [-0.25, -0.2) is 0 Å². The molecule has 0 aliphatic rings. The van der Waals surface area contributed by atoms with Crippen molar-refractivity contribution in [2.75, 3.05) is 19.8 Å². The van der Waals surface area contributed by atoms with E-state index in [1.54, 1.807) is 0 Å². The second kappa shape index (κ2) is 9.12. The first-order valence-corrected chi connectivity index (χ1v) is 7.19. The maximum atomic E-state index is 5.44. The molecule has 1 rings (SSSR count). The SMILES string of the molecule is CCNC(CCOCC)Cc1ccc(CC)cc1. The summed E-state index contributed by atoms with van der Waals surface area (Å²) in [6, 6.07) is 9.50. The first-order chi connectivity index (χ1) is 8.80. The van der Waals surface area contributed by atoms with Crippen molar-refractivity contribution in [1.29, 1.82) is 0 Å². The first kappa shape index (κ1) is 15.2. The fourth-order valence-electron chi connectivity index (χ4n) is 2.13. The van der Waals surface area contributed by atoms with Crippen LogP contribution in [0.15, 0.2) is 24.3 Å². The lowest BCUT2D eigenvalue weighted by atomic mass is 10.0. The molecule has 0 saturated carbocycles. The van der Waals surface area contributed by atoms with Crippen LogP contribution in [-0.4, -0.2) is 25.8 Å². The van der Waals surface area contributed by atoms with E-state index in [1.807, 2.05) is 6.92 Å². The Kier molecular flexibility index (Phi) is 7.70. The minimum atomic E-state index is 0.522. The van der Waals surface area contributed by atoms with E-state index < -0.39 is 0 Å². The molecule has 102 valence electrons. The Balaban J connectivity index is 2.47. The van der Waals surface area contributed by atoms with E-state index in [0.717, 1.165) is 39.0 Å². The van der Waals surface area contributed by atoms with Crippen molar-refractivity contribution in [3.63, 3.8) is 0 Å². The van der Waals surface area contributed by atoms with Crippen LogP contribution in [-0.2, 0) is 17.6 Å². The molecule has 1 aromatic carbocycles. The second-order valence-electron chi connectivity index (χ2n) is 4.61. The third kappa shape index (κ3) is 5.65. The molecule has 1 atom stereocenters. The molecule has 0 heterocycles. The van der Waals surface area contributed by atoms with Gasteiger partial charge in [-0.1, -0.05) is 38.1 Å². The van der Waals surface area contributed by atoms with Crippen LogP contribution in [0.1, 0.15) is 38.3 Å². The lowest BCUT2D eigenvalue weighted by Crippen LogP contribution is -2.32. The monoisotopic (exact) mass is 249 g/mol. The minimum Gasteiger partial charge on any atom is -0.382 e. The summed E-state index contributed by atoms with van der Waals surface area (Å²) in [6.07, 6.45) is 3.28. The highest BCUT2D eigenvalue weighted by Crippen LogP contribution is 2.09. The molecule has 2 nitrogen and oxygen atoms in total. The molecule has 0 aromatic heterocycles. The van der Waals surface area contributed by atoms with Gasteiger partial charge < -0.3 is 10.1 Å². The van der Waals surface area contributed by atoms with Crippen LogP contribution < -0.4 is 5.32 Å². The average Bonchev–Trinajstić information content (AvgIpc) is 2.40. The molecule has 0 radical (unpaired) electrons. The summed E-state index contributed by atoms with van der Waals surface area (Å²) in [7, 11) is 0. The topological polar surface area (TPSA) is 21.3 Å². The summed E-state index contributed by atoms with van der Waals surface area (Å²) in [6.45, 7) is 9.08. The highest BCUT2D eigenvalue weighted by Gasteiger charge is 2.08. The zero-order valence-electron chi connectivity index (χ0n) is 12.0. The van der Waals surface area contributed by atoms with E-state index in [0.29, 0.717) is 6.04 Å². The summed E-state index contributed by atoms with van der Waals surface area (Å²) in [5.41, 5.74) is 2.82. The number of rotatable bonds is 9. The van der Waals surface area contributed by atoms with Crippen molar-refractivity contribution in [3.8, 4) is 0 Å². The quantitative estimate of drug-likeness (QED) is 0.679. The van der Waals surface area contributed by atoms with Crippen LogP contribution in [0.2, 0.25) is 0 Å². The van der Waals surface area contributed by atoms with Crippen molar-refractivity contribution >= 4 is 0 Å². The molecule has 18 heavy (non-hydrogen) atoms. The lowest BCUT2D eigenvalue weighted by Gasteiger charge is -2.18. The number of hydrogen-bond donors (Lipinski definition) is 1.